The molecule has 0 N–H and O–H groups in total. The van der Waals surface area contributed by atoms with Gasteiger partial charge in [-0.25, -0.2) is 0 Å². The summed E-state index contributed by atoms with van der Waals surface area (Å²) in [5, 5.41) is 0. The van der Waals surface area contributed by atoms with Crippen LogP contribution in [0, 0.1) is 0 Å². The molecule has 1 nitrogen and oxygen atoms in total. The van der Waals surface area contributed by atoms with Gasteiger partial charge in [-0.1, -0.05) is 55.8 Å². The molecule has 1 rings (SSSR count). The molecule has 0 fully saturated rings. The van der Waals surface area contributed by atoms with Gasteiger partial charge in [0.1, 0.15) is 0 Å². The van der Waals surface area contributed by atoms with Crippen LogP contribution in [0.1, 0.15) is 48.5 Å². The van der Waals surface area contributed by atoms with Gasteiger partial charge in [0, 0.05) is 12.0 Å². The van der Waals surface area contributed by atoms with Crippen molar-refractivity contribution in [3.8, 4) is 0 Å². The Morgan fingerprint density at radius 3 is 2.59 bits per heavy atom. The minimum atomic E-state index is 0.244. The van der Waals surface area contributed by atoms with E-state index in [1.54, 1.807) is 0 Å². The van der Waals surface area contributed by atoms with Crippen LogP contribution in [-0.2, 0) is 0 Å². The summed E-state index contributed by atoms with van der Waals surface area (Å²) in [6.45, 7) is 5.76. The SMILES string of the molecule is C=CC/C=C\c1ccc(C(=O)CCCC)cc1. The van der Waals surface area contributed by atoms with Crippen LogP contribution in [0.3, 0.4) is 0 Å². The molecule has 0 aliphatic heterocycles. The second-order valence-electron chi connectivity index (χ2n) is 4.08. The van der Waals surface area contributed by atoms with Crippen molar-refractivity contribution in [2.45, 2.75) is 32.6 Å². The van der Waals surface area contributed by atoms with Gasteiger partial charge in [-0.05, 0) is 18.4 Å². The number of carbonyl (C=O) groups excluding carboxylic acids is 1. The first kappa shape index (κ1) is 13.4. The van der Waals surface area contributed by atoms with Gasteiger partial charge in [0.25, 0.3) is 0 Å². The van der Waals surface area contributed by atoms with Crippen molar-refractivity contribution < 1.29 is 4.79 Å². The first-order valence-electron chi connectivity index (χ1n) is 6.18. The average molecular weight is 228 g/mol. The van der Waals surface area contributed by atoms with Crippen LogP contribution in [-0.4, -0.2) is 5.78 Å². The lowest BCUT2D eigenvalue weighted by Gasteiger charge is -2.00. The Bertz CT molecular complexity index is 384. The molecule has 0 aliphatic carbocycles. The summed E-state index contributed by atoms with van der Waals surface area (Å²) in [7, 11) is 0. The Balaban J connectivity index is 2.61. The number of benzene rings is 1. The summed E-state index contributed by atoms with van der Waals surface area (Å²) in [5.74, 6) is 0.244. The fourth-order valence-corrected chi connectivity index (χ4v) is 1.56. The zero-order valence-corrected chi connectivity index (χ0v) is 10.5. The minimum Gasteiger partial charge on any atom is -0.294 e. The highest BCUT2D eigenvalue weighted by Gasteiger charge is 2.03. The van der Waals surface area contributed by atoms with E-state index in [0.29, 0.717) is 6.42 Å². The Kier molecular flexibility index (Phi) is 6.02. The van der Waals surface area contributed by atoms with E-state index >= 15 is 0 Å². The van der Waals surface area contributed by atoms with Crippen LogP contribution >= 0.6 is 0 Å². The number of hydrogen-bond donors (Lipinski definition) is 0. The Morgan fingerprint density at radius 1 is 1.29 bits per heavy atom. The van der Waals surface area contributed by atoms with E-state index in [-0.39, 0.29) is 5.78 Å². The number of Topliss-reactive ketones (excluding diaryl/α,β-unsaturated/α-hetero) is 1. The lowest BCUT2D eigenvalue weighted by Crippen LogP contribution is -1.98. The maximum atomic E-state index is 11.7. The Morgan fingerprint density at radius 2 is 2.00 bits per heavy atom. The zero-order valence-electron chi connectivity index (χ0n) is 10.5. The van der Waals surface area contributed by atoms with E-state index < -0.39 is 0 Å². The fraction of sp³-hybridized carbons (Fsp3) is 0.312. The van der Waals surface area contributed by atoms with Gasteiger partial charge in [0.05, 0.1) is 0 Å². The molecule has 0 aromatic heterocycles. The molecule has 0 atom stereocenters. The normalized spacial score (nSPS) is 10.6. The summed E-state index contributed by atoms with van der Waals surface area (Å²) >= 11 is 0. The highest BCUT2D eigenvalue weighted by atomic mass is 16.1. The topological polar surface area (TPSA) is 17.1 Å². The van der Waals surface area contributed by atoms with Gasteiger partial charge in [0.2, 0.25) is 0 Å². The first-order chi connectivity index (χ1) is 8.27. The molecule has 0 radical (unpaired) electrons. The van der Waals surface area contributed by atoms with E-state index in [4.69, 9.17) is 0 Å². The number of hydrogen-bond acceptors (Lipinski definition) is 1. The maximum absolute atomic E-state index is 11.7. The van der Waals surface area contributed by atoms with Gasteiger partial charge >= 0.3 is 0 Å². The lowest BCUT2D eigenvalue weighted by atomic mass is 10.0. The van der Waals surface area contributed by atoms with Crippen molar-refractivity contribution in [2.75, 3.05) is 0 Å². The van der Waals surface area contributed by atoms with Gasteiger partial charge < -0.3 is 0 Å². The molecular formula is C16H20O. The predicted octanol–water partition coefficient (Wildman–Crippen LogP) is 4.65. The third-order valence-corrected chi connectivity index (χ3v) is 2.60. The third kappa shape index (κ3) is 4.81. The molecule has 0 bridgehead atoms. The smallest absolute Gasteiger partial charge is 0.162 e. The number of carbonyl (C=O) groups is 1. The molecule has 0 amide bonds. The van der Waals surface area contributed by atoms with Crippen LogP contribution in [0.15, 0.2) is 43.0 Å². The molecule has 1 aromatic rings. The summed E-state index contributed by atoms with van der Waals surface area (Å²) in [5.41, 5.74) is 1.94. The Labute approximate surface area is 104 Å². The van der Waals surface area contributed by atoms with Crippen LogP contribution in [0.5, 0.6) is 0 Å². The fourth-order valence-electron chi connectivity index (χ4n) is 1.56. The van der Waals surface area contributed by atoms with Crippen molar-refractivity contribution in [2.24, 2.45) is 0 Å². The van der Waals surface area contributed by atoms with Crippen LogP contribution < -0.4 is 0 Å². The standard InChI is InChI=1S/C16H20O/c1-3-5-7-8-14-10-12-15(13-11-14)16(17)9-6-4-2/h3,7-8,10-13H,1,4-6,9H2,2H3/b8-7-. The van der Waals surface area contributed by atoms with Crippen LogP contribution in [0.25, 0.3) is 6.08 Å². The van der Waals surface area contributed by atoms with E-state index in [9.17, 15) is 4.79 Å². The molecule has 0 heterocycles. The van der Waals surface area contributed by atoms with Crippen molar-refractivity contribution in [3.63, 3.8) is 0 Å². The van der Waals surface area contributed by atoms with Gasteiger partial charge in [0.15, 0.2) is 5.78 Å². The van der Waals surface area contributed by atoms with Crippen molar-refractivity contribution in [1.29, 1.82) is 0 Å². The molecule has 90 valence electrons. The third-order valence-electron chi connectivity index (χ3n) is 2.60. The molecule has 0 aliphatic rings. The monoisotopic (exact) mass is 228 g/mol. The summed E-state index contributed by atoms with van der Waals surface area (Å²) in [6.07, 6.45) is 9.52. The minimum absolute atomic E-state index is 0.244. The van der Waals surface area contributed by atoms with Crippen molar-refractivity contribution in [1.82, 2.24) is 0 Å². The summed E-state index contributed by atoms with van der Waals surface area (Å²) in [6, 6.07) is 7.79. The highest BCUT2D eigenvalue weighted by Crippen LogP contribution is 2.10. The molecule has 0 saturated carbocycles. The number of unbranched alkanes of at least 4 members (excludes halogenated alkanes) is 1. The van der Waals surface area contributed by atoms with E-state index in [2.05, 4.69) is 19.6 Å². The molecule has 1 heteroatoms. The lowest BCUT2D eigenvalue weighted by molar-refractivity contribution is 0.0980. The average Bonchev–Trinajstić information content (AvgIpc) is 2.37. The predicted molar refractivity (Wildman–Crippen MR) is 74.1 cm³/mol. The van der Waals surface area contributed by atoms with E-state index in [1.165, 1.54) is 0 Å². The highest BCUT2D eigenvalue weighted by molar-refractivity contribution is 5.96. The largest absolute Gasteiger partial charge is 0.294 e. The maximum Gasteiger partial charge on any atom is 0.162 e. The van der Waals surface area contributed by atoms with Gasteiger partial charge in [-0.15, -0.1) is 6.58 Å². The second kappa shape index (κ2) is 7.61. The molecule has 0 spiro atoms. The molecule has 17 heavy (non-hydrogen) atoms. The number of rotatable bonds is 7. The molecule has 0 saturated heterocycles. The molecular weight excluding hydrogens is 208 g/mol. The van der Waals surface area contributed by atoms with E-state index in [1.807, 2.05) is 36.4 Å². The Hall–Kier alpha value is -1.63. The van der Waals surface area contributed by atoms with Crippen LogP contribution in [0.2, 0.25) is 0 Å². The molecule has 0 unspecified atom stereocenters. The van der Waals surface area contributed by atoms with E-state index in [0.717, 1.165) is 30.4 Å². The quantitative estimate of drug-likeness (QED) is 0.490. The number of ketones is 1. The molecule has 1 aromatic carbocycles. The summed E-state index contributed by atoms with van der Waals surface area (Å²) < 4.78 is 0. The number of allylic oxidation sites excluding steroid dienone is 2. The van der Waals surface area contributed by atoms with Crippen molar-refractivity contribution in [3.05, 3.63) is 54.1 Å². The van der Waals surface area contributed by atoms with Crippen LogP contribution in [0.4, 0.5) is 0 Å². The van der Waals surface area contributed by atoms with Gasteiger partial charge in [-0.3, -0.25) is 4.79 Å². The second-order valence-corrected chi connectivity index (χ2v) is 4.08. The first-order valence-corrected chi connectivity index (χ1v) is 6.18. The zero-order chi connectivity index (χ0) is 12.5. The summed E-state index contributed by atoms with van der Waals surface area (Å²) in [4.78, 5) is 11.7. The van der Waals surface area contributed by atoms with Gasteiger partial charge in [-0.2, -0.15) is 0 Å². The van der Waals surface area contributed by atoms with Crippen molar-refractivity contribution >= 4 is 11.9 Å².